The van der Waals surface area contributed by atoms with E-state index in [2.05, 4.69) is 12.6 Å². The SMILES string of the molecule is Cc1cc2c(-c3ccccc3)c(-c3ccccc3)c(=O)oc2cc1S. The molecule has 2 nitrogen and oxygen atoms in total. The summed E-state index contributed by atoms with van der Waals surface area (Å²) in [6.45, 7) is 2.00. The number of fused-ring (bicyclic) bond motifs is 1. The van der Waals surface area contributed by atoms with Crippen LogP contribution >= 0.6 is 12.6 Å². The lowest BCUT2D eigenvalue weighted by atomic mass is 9.92. The van der Waals surface area contributed by atoms with E-state index in [9.17, 15) is 4.79 Å². The Morgan fingerprint density at radius 1 is 0.800 bits per heavy atom. The zero-order chi connectivity index (χ0) is 17.4. The standard InChI is InChI=1S/C22H16O2S/c1-14-12-17-18(13-19(14)25)24-22(23)21(16-10-6-3-7-11-16)20(17)15-8-4-2-5-9-15/h2-13,25H,1H3. The van der Waals surface area contributed by atoms with Crippen molar-refractivity contribution in [2.24, 2.45) is 0 Å². The van der Waals surface area contributed by atoms with Crippen LogP contribution in [0.4, 0.5) is 0 Å². The summed E-state index contributed by atoms with van der Waals surface area (Å²) in [6.07, 6.45) is 0. The van der Waals surface area contributed by atoms with Crippen LogP contribution in [0.5, 0.6) is 0 Å². The van der Waals surface area contributed by atoms with Gasteiger partial charge in [-0.15, -0.1) is 12.6 Å². The second-order valence-electron chi connectivity index (χ2n) is 6.01. The summed E-state index contributed by atoms with van der Waals surface area (Å²) in [5.74, 6) is 0. The lowest BCUT2D eigenvalue weighted by Crippen LogP contribution is -2.06. The summed E-state index contributed by atoms with van der Waals surface area (Å²) in [5.41, 5.74) is 4.59. The molecule has 1 heterocycles. The Bertz CT molecular complexity index is 1110. The molecular formula is C22H16O2S. The average Bonchev–Trinajstić information content (AvgIpc) is 2.64. The first kappa shape index (κ1) is 15.7. The largest absolute Gasteiger partial charge is 0.422 e. The molecule has 0 aliphatic heterocycles. The maximum Gasteiger partial charge on any atom is 0.344 e. The zero-order valence-electron chi connectivity index (χ0n) is 13.7. The fourth-order valence-electron chi connectivity index (χ4n) is 3.12. The van der Waals surface area contributed by atoms with Crippen LogP contribution in [0.25, 0.3) is 33.2 Å². The fraction of sp³-hybridized carbons (Fsp3) is 0.0455. The van der Waals surface area contributed by atoms with Gasteiger partial charge < -0.3 is 4.42 Å². The van der Waals surface area contributed by atoms with Gasteiger partial charge in [0.05, 0.1) is 5.56 Å². The second kappa shape index (κ2) is 6.26. The molecule has 0 unspecified atom stereocenters. The van der Waals surface area contributed by atoms with Gasteiger partial charge in [-0.05, 0) is 35.7 Å². The van der Waals surface area contributed by atoms with Crippen molar-refractivity contribution in [3.8, 4) is 22.3 Å². The van der Waals surface area contributed by atoms with Gasteiger partial charge in [-0.3, -0.25) is 0 Å². The van der Waals surface area contributed by atoms with Gasteiger partial charge in [-0.25, -0.2) is 4.79 Å². The molecule has 25 heavy (non-hydrogen) atoms. The van der Waals surface area contributed by atoms with Gasteiger partial charge >= 0.3 is 5.63 Å². The normalized spacial score (nSPS) is 11.0. The first-order valence-electron chi connectivity index (χ1n) is 8.06. The molecule has 0 atom stereocenters. The summed E-state index contributed by atoms with van der Waals surface area (Å²) in [6, 6.07) is 23.5. The number of rotatable bonds is 2. The van der Waals surface area contributed by atoms with Crippen molar-refractivity contribution < 1.29 is 4.42 Å². The highest BCUT2D eigenvalue weighted by Crippen LogP contribution is 2.37. The third-order valence-electron chi connectivity index (χ3n) is 4.35. The highest BCUT2D eigenvalue weighted by molar-refractivity contribution is 7.80. The molecular weight excluding hydrogens is 328 g/mol. The fourth-order valence-corrected chi connectivity index (χ4v) is 3.30. The van der Waals surface area contributed by atoms with Crippen molar-refractivity contribution in [1.82, 2.24) is 0 Å². The molecule has 3 heteroatoms. The third-order valence-corrected chi connectivity index (χ3v) is 4.83. The summed E-state index contributed by atoms with van der Waals surface area (Å²) < 4.78 is 5.64. The topological polar surface area (TPSA) is 30.2 Å². The molecule has 0 radical (unpaired) electrons. The molecule has 0 spiro atoms. The van der Waals surface area contributed by atoms with Gasteiger partial charge in [0.2, 0.25) is 0 Å². The van der Waals surface area contributed by atoms with E-state index in [-0.39, 0.29) is 5.63 Å². The van der Waals surface area contributed by atoms with E-state index in [1.165, 1.54) is 0 Å². The smallest absolute Gasteiger partial charge is 0.344 e. The van der Waals surface area contributed by atoms with Crippen LogP contribution in [0, 0.1) is 6.92 Å². The van der Waals surface area contributed by atoms with E-state index in [4.69, 9.17) is 4.42 Å². The maximum atomic E-state index is 12.8. The number of benzene rings is 3. The lowest BCUT2D eigenvalue weighted by Gasteiger charge is -2.13. The Hall–Kier alpha value is -2.78. The van der Waals surface area contributed by atoms with E-state index < -0.39 is 0 Å². The van der Waals surface area contributed by atoms with Crippen molar-refractivity contribution in [3.05, 3.63) is 88.8 Å². The van der Waals surface area contributed by atoms with Crippen LogP contribution in [-0.4, -0.2) is 0 Å². The first-order chi connectivity index (χ1) is 12.1. The first-order valence-corrected chi connectivity index (χ1v) is 8.51. The second-order valence-corrected chi connectivity index (χ2v) is 6.49. The molecule has 4 aromatic rings. The number of aryl methyl sites for hydroxylation is 1. The van der Waals surface area contributed by atoms with Gasteiger partial charge in [-0.1, -0.05) is 60.7 Å². The predicted octanol–water partition coefficient (Wildman–Crippen LogP) is 5.72. The molecule has 0 saturated heterocycles. The molecule has 0 aliphatic carbocycles. The van der Waals surface area contributed by atoms with Crippen LogP contribution in [0.3, 0.4) is 0 Å². The highest BCUT2D eigenvalue weighted by atomic mass is 32.1. The lowest BCUT2D eigenvalue weighted by molar-refractivity contribution is 0.563. The Morgan fingerprint density at radius 3 is 1.96 bits per heavy atom. The van der Waals surface area contributed by atoms with Crippen molar-refractivity contribution in [2.75, 3.05) is 0 Å². The monoisotopic (exact) mass is 344 g/mol. The van der Waals surface area contributed by atoms with Gasteiger partial charge in [0.25, 0.3) is 0 Å². The number of thiol groups is 1. The third kappa shape index (κ3) is 2.77. The number of hydrogen-bond donors (Lipinski definition) is 1. The van der Waals surface area contributed by atoms with Crippen LogP contribution in [0.1, 0.15) is 5.56 Å². The Kier molecular flexibility index (Phi) is 3.94. The van der Waals surface area contributed by atoms with E-state index in [0.29, 0.717) is 11.1 Å². The number of hydrogen-bond acceptors (Lipinski definition) is 3. The predicted molar refractivity (Wildman–Crippen MR) is 105 cm³/mol. The van der Waals surface area contributed by atoms with Crippen LogP contribution in [0.15, 0.2) is 86.9 Å². The molecule has 3 aromatic carbocycles. The minimum Gasteiger partial charge on any atom is -0.422 e. The van der Waals surface area contributed by atoms with Gasteiger partial charge in [0.1, 0.15) is 5.58 Å². The molecule has 0 bridgehead atoms. The highest BCUT2D eigenvalue weighted by Gasteiger charge is 2.18. The van der Waals surface area contributed by atoms with Crippen molar-refractivity contribution in [2.45, 2.75) is 11.8 Å². The summed E-state index contributed by atoms with van der Waals surface area (Å²) >= 11 is 4.46. The molecule has 0 aliphatic rings. The molecule has 0 saturated carbocycles. The molecule has 0 amide bonds. The van der Waals surface area contributed by atoms with Gasteiger partial charge in [0, 0.05) is 15.8 Å². The molecule has 122 valence electrons. The molecule has 1 aromatic heterocycles. The quantitative estimate of drug-likeness (QED) is 0.372. The van der Waals surface area contributed by atoms with Crippen molar-refractivity contribution in [3.63, 3.8) is 0 Å². The molecule has 4 rings (SSSR count). The van der Waals surface area contributed by atoms with E-state index in [1.807, 2.05) is 79.7 Å². The minimum atomic E-state index is -0.339. The van der Waals surface area contributed by atoms with Crippen molar-refractivity contribution >= 4 is 23.6 Å². The van der Waals surface area contributed by atoms with Crippen LogP contribution in [-0.2, 0) is 0 Å². The van der Waals surface area contributed by atoms with Crippen LogP contribution in [0.2, 0.25) is 0 Å². The van der Waals surface area contributed by atoms with Gasteiger partial charge in [0.15, 0.2) is 0 Å². The van der Waals surface area contributed by atoms with E-state index in [0.717, 1.165) is 32.5 Å². The minimum absolute atomic E-state index is 0.339. The summed E-state index contributed by atoms with van der Waals surface area (Å²) in [7, 11) is 0. The van der Waals surface area contributed by atoms with Crippen molar-refractivity contribution in [1.29, 1.82) is 0 Å². The summed E-state index contributed by atoms with van der Waals surface area (Å²) in [4.78, 5) is 13.6. The maximum absolute atomic E-state index is 12.8. The van der Waals surface area contributed by atoms with Crippen LogP contribution < -0.4 is 5.63 Å². The molecule has 0 N–H and O–H groups in total. The average molecular weight is 344 g/mol. The summed E-state index contributed by atoms with van der Waals surface area (Å²) in [5, 5.41) is 0.917. The Morgan fingerprint density at radius 2 is 1.36 bits per heavy atom. The van der Waals surface area contributed by atoms with Gasteiger partial charge in [-0.2, -0.15) is 0 Å². The Balaban J connectivity index is 2.20. The Labute approximate surface area is 151 Å². The van der Waals surface area contributed by atoms with E-state index in [1.54, 1.807) is 0 Å². The zero-order valence-corrected chi connectivity index (χ0v) is 14.6. The van der Waals surface area contributed by atoms with E-state index >= 15 is 0 Å². The molecule has 0 fully saturated rings.